The minimum Gasteiger partial charge on any atom is -0.356 e. The number of halogens is 6. The van der Waals surface area contributed by atoms with Gasteiger partial charge in [-0.25, -0.2) is 8.78 Å². The summed E-state index contributed by atoms with van der Waals surface area (Å²) in [7, 11) is 0. The Hall–Kier alpha value is -0.920. The summed E-state index contributed by atoms with van der Waals surface area (Å²) in [6.45, 7) is 0. The fourth-order valence-corrected chi connectivity index (χ4v) is 1.46. The Morgan fingerprint density at radius 1 is 1.33 bits per heavy atom. The van der Waals surface area contributed by atoms with E-state index in [2.05, 4.69) is 15.9 Å². The van der Waals surface area contributed by atoms with Gasteiger partial charge in [-0.1, -0.05) is 0 Å². The van der Waals surface area contributed by atoms with Crippen molar-refractivity contribution in [2.45, 2.75) is 12.6 Å². The van der Waals surface area contributed by atoms with Gasteiger partial charge in [0.2, 0.25) is 5.43 Å². The standard InChI is InChI=1S/C7H3BrF5NO/c8-3-4(15)2(6(9)10)1-14-5(3)7(11,12)13/h1,6H,(H,14,15). The van der Waals surface area contributed by atoms with Gasteiger partial charge in [0, 0.05) is 6.20 Å². The maximum Gasteiger partial charge on any atom is 0.432 e. The highest BCUT2D eigenvalue weighted by Crippen LogP contribution is 2.32. The summed E-state index contributed by atoms with van der Waals surface area (Å²) in [5, 5.41) is 0. The van der Waals surface area contributed by atoms with Crippen molar-refractivity contribution in [1.29, 1.82) is 0 Å². The molecular weight excluding hydrogens is 289 g/mol. The van der Waals surface area contributed by atoms with Gasteiger partial charge in [0.05, 0.1) is 10.0 Å². The first-order valence-corrected chi connectivity index (χ1v) is 4.31. The number of aromatic amines is 1. The zero-order valence-corrected chi connectivity index (χ0v) is 8.42. The monoisotopic (exact) mass is 291 g/mol. The van der Waals surface area contributed by atoms with Crippen LogP contribution in [0.4, 0.5) is 22.0 Å². The SMILES string of the molecule is O=c1c(C(F)F)c[nH]c(C(F)(F)F)c1Br. The Labute approximate surface area is 88.2 Å². The van der Waals surface area contributed by atoms with E-state index in [4.69, 9.17) is 0 Å². The van der Waals surface area contributed by atoms with Crippen LogP contribution in [0.25, 0.3) is 0 Å². The number of nitrogens with one attached hydrogen (secondary N) is 1. The first-order chi connectivity index (χ1) is 6.75. The number of aromatic nitrogens is 1. The summed E-state index contributed by atoms with van der Waals surface area (Å²) in [6, 6.07) is 0. The van der Waals surface area contributed by atoms with Crippen molar-refractivity contribution in [3.05, 3.63) is 32.2 Å². The molecule has 0 aliphatic carbocycles. The molecule has 0 bridgehead atoms. The maximum atomic E-state index is 12.2. The van der Waals surface area contributed by atoms with E-state index in [1.54, 1.807) is 4.98 Å². The smallest absolute Gasteiger partial charge is 0.356 e. The van der Waals surface area contributed by atoms with Gasteiger partial charge in [0.1, 0.15) is 5.69 Å². The van der Waals surface area contributed by atoms with Crippen LogP contribution >= 0.6 is 15.9 Å². The minimum absolute atomic E-state index is 0.362. The number of hydrogen-bond acceptors (Lipinski definition) is 1. The van der Waals surface area contributed by atoms with E-state index in [9.17, 15) is 26.7 Å². The molecule has 1 heterocycles. The van der Waals surface area contributed by atoms with E-state index in [0.29, 0.717) is 6.20 Å². The predicted molar refractivity (Wildman–Crippen MR) is 44.7 cm³/mol. The molecule has 0 unspecified atom stereocenters. The van der Waals surface area contributed by atoms with Gasteiger partial charge in [-0.3, -0.25) is 4.79 Å². The molecular formula is C7H3BrF5NO. The van der Waals surface area contributed by atoms with Gasteiger partial charge >= 0.3 is 6.18 Å². The van der Waals surface area contributed by atoms with E-state index in [-0.39, 0.29) is 0 Å². The third kappa shape index (κ3) is 2.36. The summed E-state index contributed by atoms with van der Waals surface area (Å²) >= 11 is 2.34. The summed E-state index contributed by atoms with van der Waals surface area (Å²) in [6.07, 6.45) is -7.55. The lowest BCUT2D eigenvalue weighted by Gasteiger charge is -2.09. The molecule has 0 amide bonds. The van der Waals surface area contributed by atoms with Crippen molar-refractivity contribution in [2.24, 2.45) is 0 Å². The van der Waals surface area contributed by atoms with Crippen LogP contribution in [0, 0.1) is 0 Å². The molecule has 15 heavy (non-hydrogen) atoms. The van der Waals surface area contributed by atoms with Crippen LogP contribution in [-0.2, 0) is 6.18 Å². The fraction of sp³-hybridized carbons (Fsp3) is 0.286. The first kappa shape index (κ1) is 12.2. The van der Waals surface area contributed by atoms with Crippen LogP contribution in [-0.4, -0.2) is 4.98 Å². The second-order valence-corrected chi connectivity index (χ2v) is 3.35. The highest BCUT2D eigenvalue weighted by Gasteiger charge is 2.36. The number of H-pyrrole nitrogens is 1. The van der Waals surface area contributed by atoms with E-state index >= 15 is 0 Å². The quantitative estimate of drug-likeness (QED) is 0.793. The Bertz CT molecular complexity index is 424. The fourth-order valence-electron chi connectivity index (χ4n) is 0.887. The average molecular weight is 292 g/mol. The lowest BCUT2D eigenvalue weighted by molar-refractivity contribution is -0.141. The van der Waals surface area contributed by atoms with Crippen molar-refractivity contribution < 1.29 is 22.0 Å². The molecule has 0 radical (unpaired) electrons. The molecule has 8 heteroatoms. The largest absolute Gasteiger partial charge is 0.432 e. The number of pyridine rings is 1. The molecule has 0 spiro atoms. The van der Waals surface area contributed by atoms with E-state index < -0.39 is 33.8 Å². The van der Waals surface area contributed by atoms with Crippen LogP contribution in [0.5, 0.6) is 0 Å². The van der Waals surface area contributed by atoms with Crippen molar-refractivity contribution in [2.75, 3.05) is 0 Å². The Kier molecular flexibility index (Phi) is 3.17. The molecule has 1 rings (SSSR count). The number of alkyl halides is 5. The minimum atomic E-state index is -4.79. The zero-order valence-electron chi connectivity index (χ0n) is 6.83. The van der Waals surface area contributed by atoms with E-state index in [1.165, 1.54) is 0 Å². The lowest BCUT2D eigenvalue weighted by atomic mass is 10.2. The van der Waals surface area contributed by atoms with Crippen molar-refractivity contribution >= 4 is 15.9 Å². The molecule has 1 N–H and O–H groups in total. The Morgan fingerprint density at radius 2 is 1.87 bits per heavy atom. The second kappa shape index (κ2) is 3.92. The number of hydrogen-bond donors (Lipinski definition) is 1. The summed E-state index contributed by atoms with van der Waals surface area (Å²) in [5.74, 6) is 0. The topological polar surface area (TPSA) is 32.9 Å². The molecule has 0 saturated heterocycles. The van der Waals surface area contributed by atoms with Gasteiger partial charge in [0.15, 0.2) is 0 Å². The highest BCUT2D eigenvalue weighted by atomic mass is 79.9. The van der Waals surface area contributed by atoms with Crippen LogP contribution in [0.1, 0.15) is 17.7 Å². The van der Waals surface area contributed by atoms with Gasteiger partial charge in [-0.15, -0.1) is 0 Å². The highest BCUT2D eigenvalue weighted by molar-refractivity contribution is 9.10. The number of rotatable bonds is 1. The zero-order chi connectivity index (χ0) is 11.8. The van der Waals surface area contributed by atoms with Crippen LogP contribution in [0.3, 0.4) is 0 Å². The third-order valence-electron chi connectivity index (χ3n) is 1.57. The van der Waals surface area contributed by atoms with Crippen LogP contribution in [0.2, 0.25) is 0 Å². The lowest BCUT2D eigenvalue weighted by Crippen LogP contribution is -2.19. The summed E-state index contributed by atoms with van der Waals surface area (Å²) in [4.78, 5) is 12.6. The molecule has 0 fully saturated rings. The maximum absolute atomic E-state index is 12.2. The second-order valence-electron chi connectivity index (χ2n) is 2.56. The molecule has 1 aromatic rings. The van der Waals surface area contributed by atoms with Gasteiger partial charge in [-0.2, -0.15) is 13.2 Å². The summed E-state index contributed by atoms with van der Waals surface area (Å²) < 4.78 is 59.8. The molecule has 84 valence electrons. The van der Waals surface area contributed by atoms with E-state index in [0.717, 1.165) is 0 Å². The van der Waals surface area contributed by atoms with Crippen molar-refractivity contribution in [1.82, 2.24) is 4.98 Å². The Balaban J connectivity index is 3.42. The molecule has 0 aliphatic rings. The molecule has 0 saturated carbocycles. The average Bonchev–Trinajstić information content (AvgIpc) is 2.06. The normalized spacial score (nSPS) is 12.2. The Morgan fingerprint density at radius 3 is 2.27 bits per heavy atom. The van der Waals surface area contributed by atoms with Gasteiger partial charge in [-0.05, 0) is 15.9 Å². The summed E-state index contributed by atoms with van der Waals surface area (Å²) in [5.41, 5.74) is -3.75. The molecule has 2 nitrogen and oxygen atoms in total. The molecule has 0 aromatic carbocycles. The predicted octanol–water partition coefficient (Wildman–Crippen LogP) is 3.09. The third-order valence-corrected chi connectivity index (χ3v) is 2.33. The van der Waals surface area contributed by atoms with Crippen LogP contribution < -0.4 is 5.43 Å². The van der Waals surface area contributed by atoms with E-state index in [1.807, 2.05) is 0 Å². The molecule has 1 aromatic heterocycles. The van der Waals surface area contributed by atoms with Gasteiger partial charge in [0.25, 0.3) is 6.43 Å². The van der Waals surface area contributed by atoms with Crippen LogP contribution in [0.15, 0.2) is 15.5 Å². The molecule has 0 aliphatic heterocycles. The van der Waals surface area contributed by atoms with Crippen molar-refractivity contribution in [3.8, 4) is 0 Å². The van der Waals surface area contributed by atoms with Gasteiger partial charge < -0.3 is 4.98 Å². The first-order valence-electron chi connectivity index (χ1n) is 3.51. The van der Waals surface area contributed by atoms with Crippen molar-refractivity contribution in [3.63, 3.8) is 0 Å². The molecule has 0 atom stereocenters.